The fourth-order valence-corrected chi connectivity index (χ4v) is 2.52. The minimum Gasteiger partial charge on any atom is -0.361 e. The van der Waals surface area contributed by atoms with Gasteiger partial charge in [-0.2, -0.15) is 0 Å². The SMILES string of the molecule is C[C@H](C(=O)NCc1ccc(F)cc1)n1cnc2c(N(C)C)ncnc21. The highest BCUT2D eigenvalue weighted by atomic mass is 19.1. The van der Waals surface area contributed by atoms with Crippen molar-refractivity contribution >= 4 is 22.9 Å². The van der Waals surface area contributed by atoms with Crippen LogP contribution < -0.4 is 10.2 Å². The Morgan fingerprint density at radius 2 is 1.96 bits per heavy atom. The van der Waals surface area contributed by atoms with E-state index >= 15 is 0 Å². The van der Waals surface area contributed by atoms with Crippen molar-refractivity contribution in [3.05, 3.63) is 48.3 Å². The molecule has 2 heterocycles. The third kappa shape index (κ3) is 3.42. The standard InChI is InChI=1S/C17H19FN6O/c1-11(17(25)19-8-12-4-6-13(18)7-5-12)24-10-22-14-15(23(2)3)20-9-21-16(14)24/h4-7,9-11H,8H2,1-3H3,(H,19,25)/t11-/m1/s1. The maximum absolute atomic E-state index is 12.9. The predicted molar refractivity (Wildman–Crippen MR) is 92.6 cm³/mol. The van der Waals surface area contributed by atoms with Gasteiger partial charge in [0.25, 0.3) is 0 Å². The van der Waals surface area contributed by atoms with Gasteiger partial charge in [-0.3, -0.25) is 4.79 Å². The number of amides is 1. The van der Waals surface area contributed by atoms with Gasteiger partial charge < -0.3 is 14.8 Å². The summed E-state index contributed by atoms with van der Waals surface area (Å²) >= 11 is 0. The van der Waals surface area contributed by atoms with Gasteiger partial charge in [0.05, 0.1) is 6.33 Å². The first-order chi connectivity index (χ1) is 12.0. The summed E-state index contributed by atoms with van der Waals surface area (Å²) < 4.78 is 14.6. The van der Waals surface area contributed by atoms with Crippen LogP contribution in [0.4, 0.5) is 10.2 Å². The topological polar surface area (TPSA) is 75.9 Å². The average molecular weight is 342 g/mol. The number of imidazole rings is 1. The quantitative estimate of drug-likeness (QED) is 0.766. The van der Waals surface area contributed by atoms with Gasteiger partial charge in [0.1, 0.15) is 18.2 Å². The Morgan fingerprint density at radius 3 is 2.64 bits per heavy atom. The number of carbonyl (C=O) groups excluding carboxylic acids is 1. The first kappa shape index (κ1) is 16.8. The van der Waals surface area contributed by atoms with E-state index in [1.54, 1.807) is 30.0 Å². The van der Waals surface area contributed by atoms with Crippen LogP contribution in [0.15, 0.2) is 36.9 Å². The van der Waals surface area contributed by atoms with E-state index in [2.05, 4.69) is 20.3 Å². The summed E-state index contributed by atoms with van der Waals surface area (Å²) in [6.45, 7) is 2.10. The van der Waals surface area contributed by atoms with E-state index in [0.29, 0.717) is 23.5 Å². The van der Waals surface area contributed by atoms with Gasteiger partial charge in [0, 0.05) is 20.6 Å². The fraction of sp³-hybridized carbons (Fsp3) is 0.294. The molecule has 130 valence electrons. The van der Waals surface area contributed by atoms with Crippen LogP contribution in [0.25, 0.3) is 11.2 Å². The van der Waals surface area contributed by atoms with Crippen molar-refractivity contribution < 1.29 is 9.18 Å². The first-order valence-corrected chi connectivity index (χ1v) is 7.84. The van der Waals surface area contributed by atoms with E-state index < -0.39 is 6.04 Å². The highest BCUT2D eigenvalue weighted by Crippen LogP contribution is 2.22. The van der Waals surface area contributed by atoms with E-state index in [4.69, 9.17) is 0 Å². The fourth-order valence-electron chi connectivity index (χ4n) is 2.52. The second-order valence-corrected chi connectivity index (χ2v) is 5.94. The van der Waals surface area contributed by atoms with Crippen molar-refractivity contribution in [1.29, 1.82) is 0 Å². The summed E-state index contributed by atoms with van der Waals surface area (Å²) in [7, 11) is 3.75. The highest BCUT2D eigenvalue weighted by molar-refractivity contribution is 5.86. The molecule has 1 atom stereocenters. The molecule has 0 saturated heterocycles. The van der Waals surface area contributed by atoms with Crippen molar-refractivity contribution in [2.75, 3.05) is 19.0 Å². The number of hydrogen-bond donors (Lipinski definition) is 1. The molecule has 8 heteroatoms. The van der Waals surface area contributed by atoms with E-state index in [1.807, 2.05) is 19.0 Å². The number of benzene rings is 1. The molecule has 7 nitrogen and oxygen atoms in total. The highest BCUT2D eigenvalue weighted by Gasteiger charge is 2.20. The Hall–Kier alpha value is -3.03. The zero-order valence-corrected chi connectivity index (χ0v) is 14.3. The number of aromatic nitrogens is 4. The largest absolute Gasteiger partial charge is 0.361 e. The number of rotatable bonds is 5. The molecule has 25 heavy (non-hydrogen) atoms. The third-order valence-electron chi connectivity index (χ3n) is 3.94. The molecule has 1 amide bonds. The Kier molecular flexibility index (Phi) is 4.60. The molecule has 0 aliphatic carbocycles. The van der Waals surface area contributed by atoms with Gasteiger partial charge in [-0.05, 0) is 24.6 Å². The molecule has 0 fully saturated rings. The van der Waals surface area contributed by atoms with Crippen LogP contribution in [0.3, 0.4) is 0 Å². The molecule has 0 saturated carbocycles. The van der Waals surface area contributed by atoms with E-state index in [9.17, 15) is 9.18 Å². The van der Waals surface area contributed by atoms with Crippen molar-refractivity contribution in [3.63, 3.8) is 0 Å². The molecular weight excluding hydrogens is 323 g/mol. The summed E-state index contributed by atoms with van der Waals surface area (Å²) in [5, 5.41) is 2.84. The number of nitrogens with one attached hydrogen (secondary N) is 1. The van der Waals surface area contributed by atoms with E-state index in [-0.39, 0.29) is 11.7 Å². The maximum atomic E-state index is 12.9. The molecule has 2 aromatic heterocycles. The number of nitrogens with zero attached hydrogens (tertiary/aromatic N) is 5. The lowest BCUT2D eigenvalue weighted by Crippen LogP contribution is -2.30. The summed E-state index contributed by atoms with van der Waals surface area (Å²) in [5.74, 6) is 0.223. The molecule has 0 spiro atoms. The van der Waals surface area contributed by atoms with Crippen LogP contribution in [0.1, 0.15) is 18.5 Å². The van der Waals surface area contributed by atoms with Gasteiger partial charge in [-0.1, -0.05) is 12.1 Å². The average Bonchev–Trinajstić information content (AvgIpc) is 3.04. The molecule has 1 N–H and O–H groups in total. The number of carbonyl (C=O) groups is 1. The number of fused-ring (bicyclic) bond motifs is 1. The monoisotopic (exact) mass is 342 g/mol. The smallest absolute Gasteiger partial charge is 0.243 e. The second kappa shape index (κ2) is 6.84. The van der Waals surface area contributed by atoms with Crippen molar-refractivity contribution in [2.45, 2.75) is 19.5 Å². The Morgan fingerprint density at radius 1 is 1.24 bits per heavy atom. The van der Waals surface area contributed by atoms with E-state index in [0.717, 1.165) is 5.56 Å². The van der Waals surface area contributed by atoms with Crippen LogP contribution in [0, 0.1) is 5.82 Å². The van der Waals surface area contributed by atoms with Gasteiger partial charge in [-0.25, -0.2) is 19.3 Å². The minimum atomic E-state index is -0.490. The van der Waals surface area contributed by atoms with Crippen LogP contribution in [-0.2, 0) is 11.3 Å². The molecule has 0 aliphatic rings. The van der Waals surface area contributed by atoms with Crippen LogP contribution >= 0.6 is 0 Å². The van der Waals surface area contributed by atoms with Crippen LogP contribution in [0.2, 0.25) is 0 Å². The molecule has 3 aromatic rings. The van der Waals surface area contributed by atoms with E-state index in [1.165, 1.54) is 18.5 Å². The third-order valence-corrected chi connectivity index (χ3v) is 3.94. The lowest BCUT2D eigenvalue weighted by Gasteiger charge is -2.15. The van der Waals surface area contributed by atoms with Crippen molar-refractivity contribution in [1.82, 2.24) is 24.8 Å². The molecule has 0 unspecified atom stereocenters. The lowest BCUT2D eigenvalue weighted by atomic mass is 10.2. The van der Waals surface area contributed by atoms with Gasteiger partial charge in [-0.15, -0.1) is 0 Å². The minimum absolute atomic E-state index is 0.173. The number of anilines is 1. The first-order valence-electron chi connectivity index (χ1n) is 7.84. The zero-order valence-electron chi connectivity index (χ0n) is 14.3. The van der Waals surface area contributed by atoms with Crippen LogP contribution in [-0.4, -0.2) is 39.5 Å². The second-order valence-electron chi connectivity index (χ2n) is 5.94. The van der Waals surface area contributed by atoms with Gasteiger partial charge in [0.2, 0.25) is 5.91 Å². The summed E-state index contributed by atoms with van der Waals surface area (Å²) in [4.78, 5) is 27.1. The Labute approximate surface area is 144 Å². The summed E-state index contributed by atoms with van der Waals surface area (Å²) in [5.41, 5.74) is 2.07. The summed E-state index contributed by atoms with van der Waals surface area (Å²) in [6, 6.07) is 5.53. The zero-order chi connectivity index (χ0) is 18.0. The molecule has 3 rings (SSSR count). The maximum Gasteiger partial charge on any atom is 0.243 e. The number of halogens is 1. The Bertz CT molecular complexity index is 890. The lowest BCUT2D eigenvalue weighted by molar-refractivity contribution is -0.123. The van der Waals surface area contributed by atoms with Crippen molar-refractivity contribution in [3.8, 4) is 0 Å². The molecular formula is C17H19FN6O. The normalized spacial score (nSPS) is 12.2. The molecule has 1 aromatic carbocycles. The molecule has 0 bridgehead atoms. The van der Waals surface area contributed by atoms with Gasteiger partial charge in [0.15, 0.2) is 17.0 Å². The van der Waals surface area contributed by atoms with Crippen LogP contribution in [0.5, 0.6) is 0 Å². The van der Waals surface area contributed by atoms with Gasteiger partial charge >= 0.3 is 0 Å². The number of hydrogen-bond acceptors (Lipinski definition) is 5. The molecule has 0 aliphatic heterocycles. The summed E-state index contributed by atoms with van der Waals surface area (Å²) in [6.07, 6.45) is 3.05. The molecule has 0 radical (unpaired) electrons. The predicted octanol–water partition coefficient (Wildman–Crippen LogP) is 1.91. The van der Waals surface area contributed by atoms with Crippen molar-refractivity contribution in [2.24, 2.45) is 0 Å². The Balaban J connectivity index is 1.77.